The summed E-state index contributed by atoms with van der Waals surface area (Å²) in [5.41, 5.74) is 7.62. The number of benzene rings is 3. The van der Waals surface area contributed by atoms with Crippen molar-refractivity contribution in [2.75, 3.05) is 37.6 Å². The molecule has 2 aliphatic heterocycles. The molecule has 1 aromatic heterocycles. The molecule has 2 amide bonds. The van der Waals surface area contributed by atoms with E-state index in [1.807, 2.05) is 48.5 Å². The van der Waals surface area contributed by atoms with E-state index in [-0.39, 0.29) is 37.0 Å². The lowest BCUT2D eigenvalue weighted by Gasteiger charge is -2.40. The number of aliphatic hydroxyl groups is 1. The van der Waals surface area contributed by atoms with Crippen LogP contribution in [0.25, 0.3) is 11.1 Å². The molecule has 2 saturated heterocycles. The number of hydrogen-bond acceptors (Lipinski definition) is 10. The Morgan fingerprint density at radius 3 is 2.15 bits per heavy atom. The van der Waals surface area contributed by atoms with Crippen molar-refractivity contribution in [2.45, 2.75) is 76.6 Å². The molecule has 4 N–H and O–H groups in total. The van der Waals surface area contributed by atoms with E-state index in [1.54, 1.807) is 17.9 Å². The summed E-state index contributed by atoms with van der Waals surface area (Å²) in [6.07, 6.45) is 7.34. The van der Waals surface area contributed by atoms with E-state index < -0.39 is 6.29 Å². The van der Waals surface area contributed by atoms with Crippen molar-refractivity contribution in [3.8, 4) is 11.1 Å². The molecule has 2 aliphatic rings. The summed E-state index contributed by atoms with van der Waals surface area (Å²) in [5, 5.41) is 21.3. The molecule has 4 aromatic rings. The van der Waals surface area contributed by atoms with Crippen LogP contribution >= 0.6 is 0 Å². The van der Waals surface area contributed by atoms with Gasteiger partial charge in [-0.15, -0.1) is 0 Å². The van der Waals surface area contributed by atoms with E-state index in [0.29, 0.717) is 19.4 Å². The minimum absolute atomic E-state index is 0.00146. The van der Waals surface area contributed by atoms with Gasteiger partial charge in [-0.2, -0.15) is 0 Å². The van der Waals surface area contributed by atoms with E-state index in [1.165, 1.54) is 0 Å². The maximum absolute atomic E-state index is 12.6. The Morgan fingerprint density at radius 2 is 1.45 bits per heavy atom. The van der Waals surface area contributed by atoms with Crippen LogP contribution in [0.5, 0.6) is 0 Å². The fraction of sp³-hybridized carbons (Fsp3) is 0.415. The summed E-state index contributed by atoms with van der Waals surface area (Å²) >= 11 is 0. The summed E-state index contributed by atoms with van der Waals surface area (Å²) in [5.74, 6) is 0.383. The molecule has 3 atom stereocenters. The lowest BCUT2D eigenvalue weighted by atomic mass is 9.97. The molecule has 0 radical (unpaired) electrons. The van der Waals surface area contributed by atoms with Crippen molar-refractivity contribution in [1.82, 2.24) is 25.7 Å². The fourth-order valence-corrected chi connectivity index (χ4v) is 6.94. The molecule has 12 heteroatoms. The predicted octanol–water partition coefficient (Wildman–Crippen LogP) is 5.47. The maximum atomic E-state index is 12.6. The van der Waals surface area contributed by atoms with Gasteiger partial charge in [0.2, 0.25) is 17.8 Å². The van der Waals surface area contributed by atoms with Crippen LogP contribution in [0.15, 0.2) is 91.3 Å². The second kappa shape index (κ2) is 19.4. The van der Waals surface area contributed by atoms with Crippen molar-refractivity contribution < 1.29 is 29.4 Å². The Morgan fingerprint density at radius 1 is 0.774 bits per heavy atom. The average molecular weight is 723 g/mol. The number of ether oxygens (including phenoxy) is 2. The Balaban J connectivity index is 1.07. The molecule has 0 unspecified atom stereocenters. The lowest BCUT2D eigenvalue weighted by Crippen LogP contribution is -2.50. The molecule has 0 saturated carbocycles. The molecule has 0 spiro atoms. The van der Waals surface area contributed by atoms with E-state index in [4.69, 9.17) is 14.7 Å². The molecule has 3 aromatic carbocycles. The van der Waals surface area contributed by atoms with Gasteiger partial charge in [0.1, 0.15) is 0 Å². The van der Waals surface area contributed by atoms with Crippen molar-refractivity contribution in [3.05, 3.63) is 114 Å². The summed E-state index contributed by atoms with van der Waals surface area (Å²) in [4.78, 5) is 37.2. The maximum Gasteiger partial charge on any atom is 0.243 e. The molecule has 53 heavy (non-hydrogen) atoms. The normalized spacial score (nSPS) is 19.1. The summed E-state index contributed by atoms with van der Waals surface area (Å²) in [6.45, 7) is 4.69. The highest BCUT2D eigenvalue weighted by Crippen LogP contribution is 2.39. The smallest absolute Gasteiger partial charge is 0.243 e. The van der Waals surface area contributed by atoms with Gasteiger partial charge in [0.25, 0.3) is 0 Å². The SMILES string of the molecule is O=C(CCCCCCC(=O)NCc1ccccc1-c1ccc([C@@H]2O[C@H](CN3CCN(c4ncccn4)CC3)C[C@H](c3ccc(CO)cc3)O2)cc1)NO. The zero-order valence-corrected chi connectivity index (χ0v) is 30.1. The van der Waals surface area contributed by atoms with Crippen molar-refractivity contribution in [2.24, 2.45) is 0 Å². The number of aliphatic hydroxyl groups excluding tert-OH is 1. The number of anilines is 1. The first-order chi connectivity index (χ1) is 26.0. The number of rotatable bonds is 16. The predicted molar refractivity (Wildman–Crippen MR) is 200 cm³/mol. The minimum Gasteiger partial charge on any atom is -0.392 e. The Hall–Kier alpha value is -4.72. The Labute approximate surface area is 311 Å². The Kier molecular flexibility index (Phi) is 13.9. The van der Waals surface area contributed by atoms with Crippen LogP contribution < -0.4 is 15.7 Å². The van der Waals surface area contributed by atoms with Crippen molar-refractivity contribution >= 4 is 17.8 Å². The third-order valence-corrected chi connectivity index (χ3v) is 9.95. The molecule has 0 aliphatic carbocycles. The largest absolute Gasteiger partial charge is 0.392 e. The summed E-state index contributed by atoms with van der Waals surface area (Å²) in [7, 11) is 0. The number of aromatic nitrogens is 2. The quantitative estimate of drug-likeness (QED) is 0.0667. The number of piperazine rings is 1. The van der Waals surface area contributed by atoms with E-state index in [9.17, 15) is 14.7 Å². The highest BCUT2D eigenvalue weighted by atomic mass is 16.7. The van der Waals surface area contributed by atoms with E-state index in [2.05, 4.69) is 55.4 Å². The van der Waals surface area contributed by atoms with Gasteiger partial charge in [0, 0.05) is 76.5 Å². The lowest BCUT2D eigenvalue weighted by molar-refractivity contribution is -0.253. The van der Waals surface area contributed by atoms with Crippen LogP contribution in [0, 0.1) is 0 Å². The molecular formula is C41H50N6O6. The first-order valence-corrected chi connectivity index (χ1v) is 18.6. The number of nitrogens with zero attached hydrogens (tertiary/aromatic N) is 4. The highest BCUT2D eigenvalue weighted by Gasteiger charge is 2.34. The number of hydroxylamine groups is 1. The van der Waals surface area contributed by atoms with Crippen LogP contribution in [-0.4, -0.2) is 75.8 Å². The van der Waals surface area contributed by atoms with Gasteiger partial charge in [-0.25, -0.2) is 15.4 Å². The fourth-order valence-electron chi connectivity index (χ4n) is 6.94. The molecule has 0 bridgehead atoms. The molecule has 2 fully saturated rings. The van der Waals surface area contributed by atoms with Gasteiger partial charge in [0.15, 0.2) is 6.29 Å². The van der Waals surface area contributed by atoms with Crippen molar-refractivity contribution in [1.29, 1.82) is 0 Å². The van der Waals surface area contributed by atoms with Gasteiger partial charge in [-0.05, 0) is 46.7 Å². The number of unbranched alkanes of at least 4 members (excludes halogenated alkanes) is 3. The molecular weight excluding hydrogens is 672 g/mol. The van der Waals surface area contributed by atoms with Gasteiger partial charge >= 0.3 is 0 Å². The summed E-state index contributed by atoms with van der Waals surface area (Å²) < 4.78 is 13.3. The van der Waals surface area contributed by atoms with Gasteiger partial charge < -0.3 is 24.8 Å². The monoisotopic (exact) mass is 722 g/mol. The van der Waals surface area contributed by atoms with Crippen LogP contribution in [0.2, 0.25) is 0 Å². The molecule has 12 nitrogen and oxygen atoms in total. The third-order valence-electron chi connectivity index (χ3n) is 9.95. The number of hydrogen-bond donors (Lipinski definition) is 4. The first-order valence-electron chi connectivity index (χ1n) is 18.6. The molecule has 3 heterocycles. The first kappa shape index (κ1) is 38.0. The van der Waals surface area contributed by atoms with Crippen LogP contribution in [-0.2, 0) is 32.2 Å². The van der Waals surface area contributed by atoms with Gasteiger partial charge in [0.05, 0.1) is 18.8 Å². The number of carbonyl (C=O) groups is 2. The number of nitrogens with one attached hydrogen (secondary N) is 2. The second-order valence-electron chi connectivity index (χ2n) is 13.7. The zero-order valence-electron chi connectivity index (χ0n) is 30.1. The minimum atomic E-state index is -0.550. The number of amides is 2. The highest BCUT2D eigenvalue weighted by molar-refractivity contribution is 5.76. The summed E-state index contributed by atoms with van der Waals surface area (Å²) in [6, 6.07) is 26.2. The van der Waals surface area contributed by atoms with Gasteiger partial charge in [-0.1, -0.05) is 85.6 Å². The van der Waals surface area contributed by atoms with Crippen LogP contribution in [0.4, 0.5) is 5.95 Å². The number of carbonyl (C=O) groups excluding carboxylic acids is 2. The average Bonchev–Trinajstić information content (AvgIpc) is 3.22. The Bertz CT molecular complexity index is 1730. The topological polar surface area (TPSA) is 149 Å². The molecule has 6 rings (SSSR count). The van der Waals surface area contributed by atoms with E-state index >= 15 is 0 Å². The molecule has 280 valence electrons. The van der Waals surface area contributed by atoms with Crippen molar-refractivity contribution in [3.63, 3.8) is 0 Å². The van der Waals surface area contributed by atoms with E-state index in [0.717, 1.165) is 97.7 Å². The standard InChI is InChI=1S/C41H50N6O6/c48-29-30-12-14-32(15-13-30)37-26-35(28-46-22-24-47(25-23-46)41-42-20-7-21-43-41)52-40(53-37)33-18-16-31(17-19-33)36-9-6-5-8-34(36)27-44-38(49)10-3-1-2-4-11-39(50)45-51/h5-9,12-21,35,37,40,48,51H,1-4,10-11,22-29H2,(H,44,49)(H,45,50)/t35-,37+,40+/m0/s1. The zero-order chi connectivity index (χ0) is 36.8. The van der Waals surface area contributed by atoms with Crippen LogP contribution in [0.3, 0.4) is 0 Å². The van der Waals surface area contributed by atoms with Crippen LogP contribution in [0.1, 0.15) is 79.6 Å². The second-order valence-corrected chi connectivity index (χ2v) is 13.7. The van der Waals surface area contributed by atoms with Gasteiger partial charge in [-0.3, -0.25) is 19.7 Å². The third kappa shape index (κ3) is 10.9.